The SMILES string of the molecule is [CH2]C(C)(C)[S@+]([O-])N[C@@](CCC1CC1)(c1ccccc1)c1ccc(F)c(N)c1. The van der Waals surface area contributed by atoms with Crippen molar-refractivity contribution in [3.05, 3.63) is 72.4 Å². The van der Waals surface area contributed by atoms with Crippen molar-refractivity contribution in [1.82, 2.24) is 4.72 Å². The van der Waals surface area contributed by atoms with E-state index in [1.54, 1.807) is 12.1 Å². The van der Waals surface area contributed by atoms with E-state index in [1.165, 1.54) is 18.9 Å². The van der Waals surface area contributed by atoms with E-state index in [2.05, 4.69) is 11.6 Å². The van der Waals surface area contributed by atoms with Crippen LogP contribution >= 0.6 is 0 Å². The topological polar surface area (TPSA) is 61.1 Å². The van der Waals surface area contributed by atoms with Gasteiger partial charge in [-0.15, -0.1) is 4.72 Å². The van der Waals surface area contributed by atoms with Crippen molar-refractivity contribution in [2.45, 2.75) is 49.8 Å². The van der Waals surface area contributed by atoms with E-state index in [1.807, 2.05) is 44.2 Å². The lowest BCUT2D eigenvalue weighted by atomic mass is 9.79. The number of hydrogen-bond donors (Lipinski definition) is 2. The zero-order valence-corrected chi connectivity index (χ0v) is 16.8. The first-order valence-electron chi connectivity index (χ1n) is 9.38. The summed E-state index contributed by atoms with van der Waals surface area (Å²) in [5, 5.41) is 0. The van der Waals surface area contributed by atoms with Crippen molar-refractivity contribution < 1.29 is 8.94 Å². The lowest BCUT2D eigenvalue weighted by Gasteiger charge is -2.38. The molecule has 2 atom stereocenters. The average Bonchev–Trinajstić information content (AvgIpc) is 3.45. The minimum absolute atomic E-state index is 0.0979. The molecule has 0 unspecified atom stereocenters. The van der Waals surface area contributed by atoms with Crippen molar-refractivity contribution in [3.8, 4) is 0 Å². The molecule has 3 N–H and O–H groups in total. The monoisotopic (exact) mass is 387 g/mol. The summed E-state index contributed by atoms with van der Waals surface area (Å²) in [5.74, 6) is 0.260. The third-order valence-corrected chi connectivity index (χ3v) is 6.69. The second-order valence-electron chi connectivity index (χ2n) is 8.12. The average molecular weight is 388 g/mol. The van der Waals surface area contributed by atoms with E-state index in [4.69, 9.17) is 5.73 Å². The smallest absolute Gasteiger partial charge is 0.146 e. The number of nitrogen functional groups attached to an aromatic ring is 1. The Morgan fingerprint density at radius 3 is 2.41 bits per heavy atom. The molecular formula is C22H28FN2OS. The van der Waals surface area contributed by atoms with E-state index < -0.39 is 27.5 Å². The normalized spacial score (nSPS) is 18.1. The number of nitrogens with one attached hydrogen (secondary N) is 1. The Hall–Kier alpha value is -1.56. The molecule has 1 aliphatic carbocycles. The Morgan fingerprint density at radius 2 is 1.85 bits per heavy atom. The molecule has 2 aromatic carbocycles. The van der Waals surface area contributed by atoms with Crippen molar-refractivity contribution >= 4 is 17.0 Å². The van der Waals surface area contributed by atoms with Gasteiger partial charge in [0.25, 0.3) is 0 Å². The second kappa shape index (κ2) is 7.82. The summed E-state index contributed by atoms with van der Waals surface area (Å²) >= 11 is -1.41. The molecular weight excluding hydrogens is 359 g/mol. The van der Waals surface area contributed by atoms with Crippen LogP contribution in [-0.4, -0.2) is 9.30 Å². The minimum atomic E-state index is -1.41. The molecule has 145 valence electrons. The summed E-state index contributed by atoms with van der Waals surface area (Å²) in [6.45, 7) is 7.71. The van der Waals surface area contributed by atoms with Gasteiger partial charge in [-0.1, -0.05) is 49.2 Å². The highest BCUT2D eigenvalue weighted by molar-refractivity contribution is 7.91. The van der Waals surface area contributed by atoms with Crippen LogP contribution in [0.1, 0.15) is 50.7 Å². The summed E-state index contributed by atoms with van der Waals surface area (Å²) in [6, 6.07) is 14.7. The van der Waals surface area contributed by atoms with Gasteiger partial charge in [-0.25, -0.2) is 4.39 Å². The molecule has 5 heteroatoms. The predicted octanol–water partition coefficient (Wildman–Crippen LogP) is 4.71. The molecule has 1 radical (unpaired) electrons. The standard InChI is InChI=1S/C22H28FN2OS/c1-21(2,3)27(26)25-22(14-13-16-9-10-16,17-7-5-4-6-8-17)18-11-12-19(23)20(24)15-18/h4-8,11-12,15-16,25H,1,9-10,13-14,24H2,2-3H3/t22-,27-/m0/s1. The molecule has 0 bridgehead atoms. The molecule has 1 fully saturated rings. The molecule has 0 heterocycles. The number of rotatable bonds is 8. The van der Waals surface area contributed by atoms with Gasteiger partial charge in [0.1, 0.15) is 16.1 Å². The Labute approximate surface area is 164 Å². The fourth-order valence-electron chi connectivity index (χ4n) is 3.28. The van der Waals surface area contributed by atoms with Gasteiger partial charge in [0.05, 0.1) is 5.69 Å². The maximum absolute atomic E-state index is 13.8. The molecule has 0 aliphatic heterocycles. The van der Waals surface area contributed by atoms with E-state index in [0.717, 1.165) is 24.0 Å². The van der Waals surface area contributed by atoms with Gasteiger partial charge in [-0.3, -0.25) is 0 Å². The summed E-state index contributed by atoms with van der Waals surface area (Å²) in [4.78, 5) is 0. The van der Waals surface area contributed by atoms with Gasteiger partial charge in [0, 0.05) is 18.3 Å². The number of nitrogens with two attached hydrogens (primary N) is 1. The molecule has 0 spiro atoms. The van der Waals surface area contributed by atoms with Crippen molar-refractivity contribution in [2.75, 3.05) is 5.73 Å². The summed E-state index contributed by atoms with van der Waals surface area (Å²) in [6.07, 6.45) is 4.24. The molecule has 1 aliphatic rings. The number of hydrogen-bond acceptors (Lipinski definition) is 3. The van der Waals surface area contributed by atoms with Crippen molar-refractivity contribution in [3.63, 3.8) is 0 Å². The fourth-order valence-corrected chi connectivity index (χ4v) is 4.21. The zero-order valence-electron chi connectivity index (χ0n) is 16.0. The molecule has 2 aromatic rings. The quantitative estimate of drug-likeness (QED) is 0.509. The summed E-state index contributed by atoms with van der Waals surface area (Å²) in [7, 11) is 0. The maximum atomic E-state index is 13.8. The molecule has 1 saturated carbocycles. The zero-order chi connectivity index (χ0) is 19.7. The van der Waals surface area contributed by atoms with E-state index in [-0.39, 0.29) is 5.69 Å². The van der Waals surface area contributed by atoms with Crippen molar-refractivity contribution in [1.29, 1.82) is 0 Å². The van der Waals surface area contributed by atoms with Gasteiger partial charge in [0.2, 0.25) is 0 Å². The van der Waals surface area contributed by atoms with Gasteiger partial charge in [0.15, 0.2) is 0 Å². The van der Waals surface area contributed by atoms with E-state index >= 15 is 0 Å². The third kappa shape index (κ3) is 4.65. The Bertz CT molecular complexity index is 774. The number of halogens is 1. The largest absolute Gasteiger partial charge is 0.598 e. The van der Waals surface area contributed by atoms with Crippen LogP contribution in [0.5, 0.6) is 0 Å². The first-order valence-corrected chi connectivity index (χ1v) is 10.5. The van der Waals surface area contributed by atoms with Gasteiger partial charge in [-0.2, -0.15) is 0 Å². The number of anilines is 1. The molecule has 0 aromatic heterocycles. The van der Waals surface area contributed by atoms with E-state index in [0.29, 0.717) is 5.92 Å². The predicted molar refractivity (Wildman–Crippen MR) is 111 cm³/mol. The van der Waals surface area contributed by atoms with Gasteiger partial charge < -0.3 is 10.3 Å². The molecule has 0 saturated heterocycles. The molecule has 3 nitrogen and oxygen atoms in total. The van der Waals surface area contributed by atoms with Crippen LogP contribution in [0.25, 0.3) is 0 Å². The molecule has 27 heavy (non-hydrogen) atoms. The highest BCUT2D eigenvalue weighted by atomic mass is 32.2. The summed E-state index contributed by atoms with van der Waals surface area (Å²) < 4.78 is 29.6. The van der Waals surface area contributed by atoms with Crippen LogP contribution in [0.3, 0.4) is 0 Å². The lowest BCUT2D eigenvalue weighted by molar-refractivity contribution is 0.403. The van der Waals surface area contributed by atoms with E-state index in [9.17, 15) is 8.94 Å². The van der Waals surface area contributed by atoms with Crippen LogP contribution in [0, 0.1) is 18.7 Å². The lowest BCUT2D eigenvalue weighted by Crippen LogP contribution is -2.52. The first kappa shape index (κ1) is 20.2. The Balaban J connectivity index is 2.11. The second-order valence-corrected chi connectivity index (χ2v) is 9.97. The maximum Gasteiger partial charge on any atom is 0.146 e. The highest BCUT2D eigenvalue weighted by Crippen LogP contribution is 2.42. The highest BCUT2D eigenvalue weighted by Gasteiger charge is 2.43. The van der Waals surface area contributed by atoms with Gasteiger partial charge in [-0.05, 0) is 55.9 Å². The Kier molecular flexibility index (Phi) is 5.84. The third-order valence-electron chi connectivity index (χ3n) is 5.15. The Morgan fingerprint density at radius 1 is 1.19 bits per heavy atom. The fraction of sp³-hybridized carbons (Fsp3) is 0.409. The molecule has 3 rings (SSSR count). The van der Waals surface area contributed by atoms with Crippen LogP contribution in [0.4, 0.5) is 10.1 Å². The molecule has 0 amide bonds. The van der Waals surface area contributed by atoms with Crippen LogP contribution in [0.2, 0.25) is 0 Å². The van der Waals surface area contributed by atoms with Crippen molar-refractivity contribution in [2.24, 2.45) is 5.92 Å². The number of benzene rings is 2. The summed E-state index contributed by atoms with van der Waals surface area (Å²) in [5.41, 5.74) is 7.09. The van der Waals surface area contributed by atoms with Crippen LogP contribution in [0.15, 0.2) is 48.5 Å². The van der Waals surface area contributed by atoms with Gasteiger partial charge >= 0.3 is 0 Å². The van der Waals surface area contributed by atoms with Crippen LogP contribution < -0.4 is 10.5 Å². The first-order chi connectivity index (χ1) is 12.7. The van der Waals surface area contributed by atoms with Crippen LogP contribution in [-0.2, 0) is 16.9 Å². The minimum Gasteiger partial charge on any atom is -0.598 e.